The average molecular weight is 186 g/mol. The van der Waals surface area contributed by atoms with Crippen LogP contribution in [0.2, 0.25) is 0 Å². The predicted octanol–water partition coefficient (Wildman–Crippen LogP) is 0.300. The summed E-state index contributed by atoms with van der Waals surface area (Å²) in [5.41, 5.74) is 2.44. The minimum atomic E-state index is -0.0500. The quantitative estimate of drug-likeness (QED) is 0.621. The lowest BCUT2D eigenvalue weighted by atomic mass is 10.1. The third-order valence-corrected chi connectivity index (χ3v) is 2.18. The first kappa shape index (κ1) is 10.5. The molecule has 1 amide bonds. The van der Waals surface area contributed by atoms with Gasteiger partial charge in [-0.15, -0.1) is 0 Å². The van der Waals surface area contributed by atoms with Gasteiger partial charge in [0.05, 0.1) is 6.61 Å². The van der Waals surface area contributed by atoms with Crippen LogP contribution in [0.25, 0.3) is 0 Å². The SMILES string of the molecule is CC(C)C(=O)NOCC1CCNC1. The molecule has 0 saturated carbocycles. The third kappa shape index (κ3) is 3.74. The maximum Gasteiger partial charge on any atom is 0.246 e. The predicted molar refractivity (Wildman–Crippen MR) is 49.9 cm³/mol. The van der Waals surface area contributed by atoms with Crippen molar-refractivity contribution < 1.29 is 9.63 Å². The lowest BCUT2D eigenvalue weighted by molar-refractivity contribution is -0.137. The molecule has 0 aliphatic carbocycles. The van der Waals surface area contributed by atoms with Gasteiger partial charge in [0.1, 0.15) is 0 Å². The number of hydrogen-bond donors (Lipinski definition) is 2. The van der Waals surface area contributed by atoms with Crippen molar-refractivity contribution in [2.24, 2.45) is 11.8 Å². The molecule has 0 spiro atoms. The molecule has 0 aromatic heterocycles. The van der Waals surface area contributed by atoms with E-state index in [1.54, 1.807) is 0 Å². The second kappa shape index (κ2) is 5.19. The largest absolute Gasteiger partial charge is 0.316 e. The van der Waals surface area contributed by atoms with E-state index in [4.69, 9.17) is 4.84 Å². The monoisotopic (exact) mass is 186 g/mol. The topological polar surface area (TPSA) is 50.4 Å². The molecule has 13 heavy (non-hydrogen) atoms. The van der Waals surface area contributed by atoms with E-state index in [-0.39, 0.29) is 11.8 Å². The third-order valence-electron chi connectivity index (χ3n) is 2.18. The number of nitrogens with one attached hydrogen (secondary N) is 2. The molecule has 0 radical (unpaired) electrons. The van der Waals surface area contributed by atoms with Crippen LogP contribution in [0.5, 0.6) is 0 Å². The van der Waals surface area contributed by atoms with Crippen LogP contribution in [-0.2, 0) is 9.63 Å². The molecule has 0 aromatic carbocycles. The van der Waals surface area contributed by atoms with E-state index in [2.05, 4.69) is 10.8 Å². The Morgan fingerprint density at radius 1 is 1.69 bits per heavy atom. The average Bonchev–Trinajstić information content (AvgIpc) is 2.56. The smallest absolute Gasteiger partial charge is 0.246 e. The van der Waals surface area contributed by atoms with Crippen LogP contribution in [-0.4, -0.2) is 25.6 Å². The Kier molecular flexibility index (Phi) is 4.18. The number of amides is 1. The second-order valence-electron chi connectivity index (χ2n) is 3.79. The summed E-state index contributed by atoms with van der Waals surface area (Å²) < 4.78 is 0. The molecule has 1 rings (SSSR count). The van der Waals surface area contributed by atoms with Gasteiger partial charge in [-0.25, -0.2) is 5.48 Å². The molecule has 76 valence electrons. The summed E-state index contributed by atoms with van der Waals surface area (Å²) in [4.78, 5) is 16.2. The normalized spacial score (nSPS) is 22.2. The van der Waals surface area contributed by atoms with E-state index >= 15 is 0 Å². The van der Waals surface area contributed by atoms with E-state index < -0.39 is 0 Å². The van der Waals surface area contributed by atoms with Crippen LogP contribution < -0.4 is 10.8 Å². The number of hydroxylamine groups is 1. The molecule has 1 unspecified atom stereocenters. The number of carbonyl (C=O) groups excluding carboxylic acids is 1. The Hall–Kier alpha value is -0.610. The van der Waals surface area contributed by atoms with E-state index in [0.29, 0.717) is 12.5 Å². The van der Waals surface area contributed by atoms with Crippen LogP contribution in [0.1, 0.15) is 20.3 Å². The zero-order valence-corrected chi connectivity index (χ0v) is 8.30. The van der Waals surface area contributed by atoms with Gasteiger partial charge in [-0.1, -0.05) is 13.8 Å². The summed E-state index contributed by atoms with van der Waals surface area (Å²) in [5.74, 6) is 0.486. The van der Waals surface area contributed by atoms with Crippen molar-refractivity contribution >= 4 is 5.91 Å². The van der Waals surface area contributed by atoms with Gasteiger partial charge in [0.25, 0.3) is 0 Å². The van der Waals surface area contributed by atoms with Gasteiger partial charge in [0, 0.05) is 12.5 Å². The summed E-state index contributed by atoms with van der Waals surface area (Å²) >= 11 is 0. The fourth-order valence-corrected chi connectivity index (χ4v) is 1.21. The highest BCUT2D eigenvalue weighted by molar-refractivity contribution is 5.76. The fourth-order valence-electron chi connectivity index (χ4n) is 1.21. The molecule has 1 fully saturated rings. The molecule has 0 bridgehead atoms. The van der Waals surface area contributed by atoms with E-state index in [9.17, 15) is 4.79 Å². The van der Waals surface area contributed by atoms with Crippen molar-refractivity contribution in [2.75, 3.05) is 19.7 Å². The maximum atomic E-state index is 11.1. The van der Waals surface area contributed by atoms with Crippen molar-refractivity contribution in [2.45, 2.75) is 20.3 Å². The summed E-state index contributed by atoms with van der Waals surface area (Å²) in [6.45, 7) is 6.36. The number of hydrogen-bond acceptors (Lipinski definition) is 3. The molecule has 4 heteroatoms. The van der Waals surface area contributed by atoms with Crippen molar-refractivity contribution in [1.82, 2.24) is 10.8 Å². The summed E-state index contributed by atoms with van der Waals surface area (Å²) in [5, 5.41) is 3.24. The first-order valence-electron chi connectivity index (χ1n) is 4.82. The lowest BCUT2D eigenvalue weighted by Crippen LogP contribution is -2.30. The van der Waals surface area contributed by atoms with Gasteiger partial charge in [-0.05, 0) is 18.9 Å². The highest BCUT2D eigenvalue weighted by atomic mass is 16.7. The molecule has 1 aliphatic rings. The van der Waals surface area contributed by atoms with Gasteiger partial charge in [-0.2, -0.15) is 0 Å². The Morgan fingerprint density at radius 2 is 2.46 bits per heavy atom. The van der Waals surface area contributed by atoms with E-state index in [0.717, 1.165) is 19.5 Å². The minimum absolute atomic E-state index is 0.0123. The van der Waals surface area contributed by atoms with Gasteiger partial charge < -0.3 is 5.32 Å². The van der Waals surface area contributed by atoms with Gasteiger partial charge in [0.15, 0.2) is 0 Å². The molecule has 2 N–H and O–H groups in total. The van der Waals surface area contributed by atoms with Crippen LogP contribution in [0.4, 0.5) is 0 Å². The van der Waals surface area contributed by atoms with Crippen molar-refractivity contribution in [3.63, 3.8) is 0 Å². The number of rotatable bonds is 4. The highest BCUT2D eigenvalue weighted by Gasteiger charge is 2.15. The molecule has 1 heterocycles. The molecule has 1 aliphatic heterocycles. The van der Waals surface area contributed by atoms with Crippen molar-refractivity contribution in [1.29, 1.82) is 0 Å². The molecule has 1 atom stereocenters. The molecule has 0 aromatic rings. The summed E-state index contributed by atoms with van der Waals surface area (Å²) in [7, 11) is 0. The van der Waals surface area contributed by atoms with Gasteiger partial charge in [-0.3, -0.25) is 9.63 Å². The zero-order chi connectivity index (χ0) is 9.68. The first-order chi connectivity index (χ1) is 6.20. The van der Waals surface area contributed by atoms with Crippen molar-refractivity contribution in [3.05, 3.63) is 0 Å². The van der Waals surface area contributed by atoms with E-state index in [1.807, 2.05) is 13.8 Å². The molecular formula is C9H18N2O2. The van der Waals surface area contributed by atoms with Gasteiger partial charge in [0.2, 0.25) is 5.91 Å². The van der Waals surface area contributed by atoms with Crippen LogP contribution in [0.15, 0.2) is 0 Å². The standard InChI is InChI=1S/C9H18N2O2/c1-7(2)9(12)11-13-6-8-3-4-10-5-8/h7-8,10H,3-6H2,1-2H3,(H,11,12). The van der Waals surface area contributed by atoms with Crippen LogP contribution in [0, 0.1) is 11.8 Å². The maximum absolute atomic E-state index is 11.1. The highest BCUT2D eigenvalue weighted by Crippen LogP contribution is 2.06. The van der Waals surface area contributed by atoms with Crippen LogP contribution >= 0.6 is 0 Å². The zero-order valence-electron chi connectivity index (χ0n) is 8.30. The lowest BCUT2D eigenvalue weighted by Gasteiger charge is -2.10. The van der Waals surface area contributed by atoms with Crippen molar-refractivity contribution in [3.8, 4) is 0 Å². The Labute approximate surface area is 79.0 Å². The Bertz CT molecular complexity index is 165. The van der Waals surface area contributed by atoms with E-state index in [1.165, 1.54) is 0 Å². The second-order valence-corrected chi connectivity index (χ2v) is 3.79. The summed E-state index contributed by atoms with van der Waals surface area (Å²) in [6, 6.07) is 0. The molecular weight excluding hydrogens is 168 g/mol. The molecule has 4 nitrogen and oxygen atoms in total. The van der Waals surface area contributed by atoms with Gasteiger partial charge >= 0.3 is 0 Å². The minimum Gasteiger partial charge on any atom is -0.316 e. The Morgan fingerprint density at radius 3 is 3.00 bits per heavy atom. The fraction of sp³-hybridized carbons (Fsp3) is 0.889. The first-order valence-corrected chi connectivity index (χ1v) is 4.82. The number of carbonyl (C=O) groups is 1. The molecule has 1 saturated heterocycles. The summed E-state index contributed by atoms with van der Waals surface area (Å²) in [6.07, 6.45) is 1.14. The van der Waals surface area contributed by atoms with Crippen LogP contribution in [0.3, 0.4) is 0 Å². The Balaban J connectivity index is 2.03.